The molecule has 1 aliphatic carbocycles. The molecule has 0 aromatic carbocycles. The number of unbranched alkanes of at least 4 members (excludes halogenated alkanes) is 2. The normalized spacial score (nSPS) is 23.5. The van der Waals surface area contributed by atoms with Gasteiger partial charge in [0.05, 0.1) is 20.3 Å². The van der Waals surface area contributed by atoms with E-state index in [2.05, 4.69) is 30.7 Å². The average molecular weight is 425 g/mol. The van der Waals surface area contributed by atoms with Crippen molar-refractivity contribution >= 4 is 11.8 Å². The number of allylic oxidation sites excluding steroid dienone is 2. The van der Waals surface area contributed by atoms with Crippen molar-refractivity contribution in [3.8, 4) is 0 Å². The first-order valence-corrected chi connectivity index (χ1v) is 11.4. The first kappa shape index (κ1) is 25.0. The maximum atomic E-state index is 11.6. The molecule has 0 unspecified atom stereocenters. The molecule has 1 spiro atoms. The van der Waals surface area contributed by atoms with Crippen LogP contribution in [0.5, 0.6) is 0 Å². The molecular weight excluding hydrogens is 384 g/mol. The zero-order valence-electron chi connectivity index (χ0n) is 19.2. The van der Waals surface area contributed by atoms with Crippen LogP contribution in [-0.2, 0) is 28.5 Å². The van der Waals surface area contributed by atoms with E-state index < -0.39 is 17.5 Å². The Kier molecular flexibility index (Phi) is 9.98. The molecule has 2 fully saturated rings. The lowest BCUT2D eigenvalue weighted by atomic mass is 9.83. The molecule has 0 N–H and O–H groups in total. The number of methoxy groups -OCH3 is 2. The Balaban J connectivity index is 1.86. The van der Waals surface area contributed by atoms with Gasteiger partial charge in [-0.15, -0.1) is 0 Å². The van der Waals surface area contributed by atoms with E-state index in [1.165, 1.54) is 7.11 Å². The van der Waals surface area contributed by atoms with Crippen LogP contribution in [0.15, 0.2) is 12.2 Å². The van der Waals surface area contributed by atoms with Crippen LogP contribution in [0.4, 0.5) is 0 Å². The largest absolute Gasteiger partial charge is 0.463 e. The second kappa shape index (κ2) is 12.0. The number of hydrogen-bond donors (Lipinski definition) is 0. The number of ether oxygens (including phenoxy) is 4. The van der Waals surface area contributed by atoms with Gasteiger partial charge in [-0.3, -0.25) is 4.79 Å². The Morgan fingerprint density at radius 2 is 1.87 bits per heavy atom. The Morgan fingerprint density at radius 3 is 2.53 bits per heavy atom. The van der Waals surface area contributed by atoms with Crippen molar-refractivity contribution < 1.29 is 28.5 Å². The summed E-state index contributed by atoms with van der Waals surface area (Å²) in [6.45, 7) is 6.69. The predicted molar refractivity (Wildman–Crippen MR) is 115 cm³/mol. The fraction of sp³-hybridized carbons (Fsp3) is 0.833. The molecule has 172 valence electrons. The van der Waals surface area contributed by atoms with Gasteiger partial charge >= 0.3 is 5.97 Å². The monoisotopic (exact) mass is 424 g/mol. The highest BCUT2D eigenvalue weighted by Crippen LogP contribution is 2.49. The molecule has 1 aliphatic heterocycles. The van der Waals surface area contributed by atoms with E-state index >= 15 is 0 Å². The molecule has 0 aromatic heterocycles. The molecule has 2 rings (SSSR count). The van der Waals surface area contributed by atoms with E-state index in [1.807, 2.05) is 0 Å². The fourth-order valence-electron chi connectivity index (χ4n) is 4.66. The molecule has 1 saturated carbocycles. The molecule has 0 amide bonds. The Hall–Kier alpha value is -1.24. The van der Waals surface area contributed by atoms with Crippen molar-refractivity contribution in [2.45, 2.75) is 77.4 Å². The lowest BCUT2D eigenvalue weighted by Crippen LogP contribution is -2.36. The number of carbonyl (C=O) groups excluding carboxylic acids is 2. The third-order valence-corrected chi connectivity index (χ3v) is 6.55. The van der Waals surface area contributed by atoms with Crippen molar-refractivity contribution in [2.75, 3.05) is 34.0 Å². The van der Waals surface area contributed by atoms with Crippen LogP contribution in [0.3, 0.4) is 0 Å². The van der Waals surface area contributed by atoms with Crippen LogP contribution in [0.25, 0.3) is 0 Å². The Labute approximate surface area is 181 Å². The smallest absolute Gasteiger partial charge is 0.374 e. The van der Waals surface area contributed by atoms with Gasteiger partial charge in [-0.1, -0.05) is 38.8 Å². The molecule has 2 atom stereocenters. The highest BCUT2D eigenvalue weighted by atomic mass is 16.7. The van der Waals surface area contributed by atoms with Crippen molar-refractivity contribution in [3.05, 3.63) is 12.2 Å². The van der Waals surface area contributed by atoms with Gasteiger partial charge in [0.15, 0.2) is 5.79 Å². The number of esters is 1. The lowest BCUT2D eigenvalue weighted by Gasteiger charge is -2.31. The van der Waals surface area contributed by atoms with E-state index in [0.29, 0.717) is 31.5 Å². The summed E-state index contributed by atoms with van der Waals surface area (Å²) in [5.74, 6) is -0.805. The van der Waals surface area contributed by atoms with Gasteiger partial charge in [0.1, 0.15) is 0 Å². The Morgan fingerprint density at radius 1 is 1.13 bits per heavy atom. The summed E-state index contributed by atoms with van der Waals surface area (Å²) in [6, 6.07) is 0. The second-order valence-electron chi connectivity index (χ2n) is 9.37. The first-order valence-electron chi connectivity index (χ1n) is 11.4. The van der Waals surface area contributed by atoms with Gasteiger partial charge in [-0.25, -0.2) is 4.79 Å². The third kappa shape index (κ3) is 7.17. The lowest BCUT2D eigenvalue weighted by molar-refractivity contribution is -0.186. The molecular formula is C24H40O6. The topological polar surface area (TPSA) is 71.1 Å². The van der Waals surface area contributed by atoms with Crippen molar-refractivity contribution in [1.29, 1.82) is 0 Å². The van der Waals surface area contributed by atoms with Gasteiger partial charge in [0.25, 0.3) is 0 Å². The molecule has 1 heterocycles. The van der Waals surface area contributed by atoms with E-state index in [0.717, 1.165) is 51.6 Å². The Bertz CT molecular complexity index is 576. The summed E-state index contributed by atoms with van der Waals surface area (Å²) in [4.78, 5) is 22.8. The molecule has 0 bridgehead atoms. The third-order valence-electron chi connectivity index (χ3n) is 6.55. The molecule has 0 radical (unpaired) electrons. The average Bonchev–Trinajstić information content (AvgIpc) is 3.33. The zero-order valence-corrected chi connectivity index (χ0v) is 19.2. The highest BCUT2D eigenvalue weighted by Gasteiger charge is 2.51. The number of carbonyl (C=O) groups is 2. The summed E-state index contributed by atoms with van der Waals surface area (Å²) in [5.41, 5.74) is 0.227. The summed E-state index contributed by atoms with van der Waals surface area (Å²) in [7, 11) is 3.00. The minimum Gasteiger partial charge on any atom is -0.463 e. The van der Waals surface area contributed by atoms with Gasteiger partial charge in [0.2, 0.25) is 5.78 Å². The van der Waals surface area contributed by atoms with Crippen molar-refractivity contribution in [2.24, 2.45) is 17.3 Å². The summed E-state index contributed by atoms with van der Waals surface area (Å²) in [6.07, 6.45) is 12.7. The van der Waals surface area contributed by atoms with Crippen LogP contribution < -0.4 is 0 Å². The van der Waals surface area contributed by atoms with E-state index in [4.69, 9.17) is 14.2 Å². The molecule has 0 aromatic rings. The SMILES string of the molecule is COCCC(C)(C)CC=C[C@H]1CCC2(OCCO2)[C@@H]1CCCCCC(=O)C(=O)OC. The maximum absolute atomic E-state index is 11.6. The zero-order chi connectivity index (χ0) is 22.0. The highest BCUT2D eigenvalue weighted by molar-refractivity contribution is 6.33. The van der Waals surface area contributed by atoms with Gasteiger partial charge in [-0.05, 0) is 43.4 Å². The van der Waals surface area contributed by atoms with Crippen LogP contribution in [0, 0.1) is 17.3 Å². The van der Waals surface area contributed by atoms with Crippen LogP contribution in [0.1, 0.15) is 71.6 Å². The van der Waals surface area contributed by atoms with E-state index in [9.17, 15) is 9.59 Å². The molecule has 2 aliphatic rings. The van der Waals surface area contributed by atoms with Crippen LogP contribution >= 0.6 is 0 Å². The summed E-state index contributed by atoms with van der Waals surface area (Å²) in [5, 5.41) is 0. The maximum Gasteiger partial charge on any atom is 0.374 e. The molecule has 6 nitrogen and oxygen atoms in total. The number of rotatable bonds is 13. The molecule has 1 saturated heterocycles. The van der Waals surface area contributed by atoms with Gasteiger partial charge in [0, 0.05) is 32.5 Å². The van der Waals surface area contributed by atoms with E-state index in [-0.39, 0.29) is 11.8 Å². The quantitative estimate of drug-likeness (QED) is 0.188. The summed E-state index contributed by atoms with van der Waals surface area (Å²) >= 11 is 0. The van der Waals surface area contributed by atoms with Crippen LogP contribution in [-0.4, -0.2) is 51.6 Å². The number of Topliss-reactive ketones (excluding diaryl/α,β-unsaturated/α-hetero) is 1. The minimum absolute atomic E-state index is 0.227. The standard InChI is InChI=1S/C24H40O6/c1-23(2,15-16-27-3)13-8-9-19-12-14-24(29-17-18-30-24)20(19)10-6-5-7-11-21(25)22(26)28-4/h8-9,19-20H,5-7,10-18H2,1-4H3/t19-,20+/m0/s1. The predicted octanol–water partition coefficient (Wildman–Crippen LogP) is 4.46. The number of ketones is 1. The van der Waals surface area contributed by atoms with Gasteiger partial charge in [-0.2, -0.15) is 0 Å². The summed E-state index contributed by atoms with van der Waals surface area (Å²) < 4.78 is 21.9. The van der Waals surface area contributed by atoms with Crippen LogP contribution in [0.2, 0.25) is 0 Å². The minimum atomic E-state index is -0.740. The molecule has 6 heteroatoms. The molecule has 30 heavy (non-hydrogen) atoms. The van der Waals surface area contributed by atoms with Crippen molar-refractivity contribution in [3.63, 3.8) is 0 Å². The van der Waals surface area contributed by atoms with E-state index in [1.54, 1.807) is 7.11 Å². The first-order chi connectivity index (χ1) is 14.3. The van der Waals surface area contributed by atoms with Crippen molar-refractivity contribution in [1.82, 2.24) is 0 Å². The fourth-order valence-corrected chi connectivity index (χ4v) is 4.66. The number of hydrogen-bond acceptors (Lipinski definition) is 6. The second-order valence-corrected chi connectivity index (χ2v) is 9.37. The van der Waals surface area contributed by atoms with Gasteiger partial charge < -0.3 is 18.9 Å².